The molecule has 0 saturated carbocycles. The molecule has 0 fully saturated rings. The van der Waals surface area contributed by atoms with Gasteiger partial charge in [0.25, 0.3) is 0 Å². The highest BCUT2D eigenvalue weighted by atomic mass is 35.5. The number of halogens is 2. The molecule has 0 heterocycles. The van der Waals surface area contributed by atoms with Crippen molar-refractivity contribution in [1.29, 1.82) is 0 Å². The van der Waals surface area contributed by atoms with Gasteiger partial charge in [-0.3, -0.25) is 0 Å². The van der Waals surface area contributed by atoms with Crippen LogP contribution in [0.4, 0.5) is 0 Å². The first-order chi connectivity index (χ1) is 8.15. The number of aryl methyl sites for hydroxylation is 1. The second-order valence-corrected chi connectivity index (χ2v) is 5.18. The summed E-state index contributed by atoms with van der Waals surface area (Å²) in [6.07, 6.45) is 0.822. The van der Waals surface area contributed by atoms with Gasteiger partial charge in [-0.1, -0.05) is 48.0 Å². The Balaban J connectivity index is 2.17. The van der Waals surface area contributed by atoms with Crippen molar-refractivity contribution in [2.24, 2.45) is 0 Å². The molecule has 0 aromatic heterocycles. The molecule has 1 atom stereocenters. The molecule has 0 aliphatic rings. The number of hydrogen-bond donors (Lipinski definition) is 0. The molecule has 2 rings (SSSR count). The summed E-state index contributed by atoms with van der Waals surface area (Å²) in [7, 11) is 0. The summed E-state index contributed by atoms with van der Waals surface area (Å²) >= 11 is 12.5. The zero-order valence-electron chi connectivity index (χ0n) is 9.66. The standard InChI is InChI=1S/C15H14Cl2/c1-11-7-13(10-14(16)8-11)15(17)9-12-5-3-2-4-6-12/h2-8,10,15H,9H2,1H3. The minimum atomic E-state index is -0.0326. The van der Waals surface area contributed by atoms with E-state index in [0.717, 1.165) is 22.6 Å². The van der Waals surface area contributed by atoms with Gasteiger partial charge in [0, 0.05) is 5.02 Å². The summed E-state index contributed by atoms with van der Waals surface area (Å²) in [6, 6.07) is 16.2. The molecule has 2 aromatic carbocycles. The maximum Gasteiger partial charge on any atom is 0.0626 e. The fourth-order valence-corrected chi connectivity index (χ4v) is 2.49. The van der Waals surface area contributed by atoms with E-state index in [0.29, 0.717) is 0 Å². The fraction of sp³-hybridized carbons (Fsp3) is 0.200. The van der Waals surface area contributed by atoms with Crippen LogP contribution in [0.5, 0.6) is 0 Å². The second-order valence-electron chi connectivity index (χ2n) is 4.22. The zero-order valence-corrected chi connectivity index (χ0v) is 11.2. The maximum atomic E-state index is 6.43. The number of rotatable bonds is 3. The number of benzene rings is 2. The van der Waals surface area contributed by atoms with Crippen molar-refractivity contribution >= 4 is 23.2 Å². The highest BCUT2D eigenvalue weighted by Crippen LogP contribution is 2.28. The van der Waals surface area contributed by atoms with Gasteiger partial charge in [0.1, 0.15) is 0 Å². The van der Waals surface area contributed by atoms with Crippen LogP contribution in [0.2, 0.25) is 5.02 Å². The first-order valence-corrected chi connectivity index (χ1v) is 6.41. The van der Waals surface area contributed by atoms with Crippen LogP contribution in [0.3, 0.4) is 0 Å². The molecule has 88 valence electrons. The third-order valence-electron chi connectivity index (χ3n) is 2.68. The van der Waals surface area contributed by atoms with E-state index in [4.69, 9.17) is 23.2 Å². The number of alkyl halides is 1. The normalized spacial score (nSPS) is 12.4. The first-order valence-electron chi connectivity index (χ1n) is 5.60. The molecule has 0 aliphatic carbocycles. The van der Waals surface area contributed by atoms with Crippen LogP contribution in [0.15, 0.2) is 48.5 Å². The summed E-state index contributed by atoms with van der Waals surface area (Å²) in [4.78, 5) is 0. The van der Waals surface area contributed by atoms with E-state index in [-0.39, 0.29) is 5.38 Å². The van der Waals surface area contributed by atoms with E-state index >= 15 is 0 Å². The van der Waals surface area contributed by atoms with Gasteiger partial charge in [0.2, 0.25) is 0 Å². The molecule has 0 saturated heterocycles. The van der Waals surface area contributed by atoms with E-state index in [1.54, 1.807) is 0 Å². The van der Waals surface area contributed by atoms with Crippen LogP contribution in [0.1, 0.15) is 22.1 Å². The van der Waals surface area contributed by atoms with Gasteiger partial charge >= 0.3 is 0 Å². The topological polar surface area (TPSA) is 0 Å². The van der Waals surface area contributed by atoms with Crippen molar-refractivity contribution in [3.05, 3.63) is 70.2 Å². The minimum Gasteiger partial charge on any atom is -0.117 e. The molecule has 0 nitrogen and oxygen atoms in total. The van der Waals surface area contributed by atoms with Crippen molar-refractivity contribution in [3.63, 3.8) is 0 Å². The van der Waals surface area contributed by atoms with Crippen LogP contribution in [-0.4, -0.2) is 0 Å². The molecule has 17 heavy (non-hydrogen) atoms. The second kappa shape index (κ2) is 5.57. The lowest BCUT2D eigenvalue weighted by atomic mass is 10.0. The Kier molecular flexibility index (Phi) is 4.09. The smallest absolute Gasteiger partial charge is 0.0626 e. The summed E-state index contributed by atoms with van der Waals surface area (Å²) in [5, 5.41) is 0.716. The van der Waals surface area contributed by atoms with Gasteiger partial charge in [-0.15, -0.1) is 11.6 Å². The lowest BCUT2D eigenvalue weighted by Crippen LogP contribution is -1.96. The quantitative estimate of drug-likeness (QED) is 0.671. The summed E-state index contributed by atoms with van der Waals surface area (Å²) in [5.74, 6) is 0. The maximum absolute atomic E-state index is 6.43. The van der Waals surface area contributed by atoms with Gasteiger partial charge in [0.05, 0.1) is 5.38 Å². The highest BCUT2D eigenvalue weighted by molar-refractivity contribution is 6.30. The minimum absolute atomic E-state index is 0.0326. The Morgan fingerprint density at radius 3 is 2.41 bits per heavy atom. The molecule has 0 N–H and O–H groups in total. The number of hydrogen-bond acceptors (Lipinski definition) is 0. The van der Waals surface area contributed by atoms with E-state index in [1.807, 2.05) is 37.3 Å². The summed E-state index contributed by atoms with van der Waals surface area (Å²) in [5.41, 5.74) is 3.47. The van der Waals surface area contributed by atoms with E-state index in [1.165, 1.54) is 5.56 Å². The third kappa shape index (κ3) is 3.49. The average molecular weight is 265 g/mol. The molecule has 2 aromatic rings. The molecular formula is C15H14Cl2. The van der Waals surface area contributed by atoms with E-state index in [9.17, 15) is 0 Å². The molecule has 0 radical (unpaired) electrons. The predicted molar refractivity (Wildman–Crippen MR) is 74.9 cm³/mol. The molecule has 2 heteroatoms. The van der Waals surface area contributed by atoms with Crippen molar-refractivity contribution in [1.82, 2.24) is 0 Å². The first kappa shape index (κ1) is 12.5. The van der Waals surface area contributed by atoms with Gasteiger partial charge in [-0.2, -0.15) is 0 Å². The molecule has 1 unspecified atom stereocenters. The molecule has 0 bridgehead atoms. The van der Waals surface area contributed by atoms with Gasteiger partial charge in [-0.25, -0.2) is 0 Å². The van der Waals surface area contributed by atoms with E-state index in [2.05, 4.69) is 18.2 Å². The van der Waals surface area contributed by atoms with Crippen LogP contribution in [0.25, 0.3) is 0 Å². The lowest BCUT2D eigenvalue weighted by molar-refractivity contribution is 0.918. The van der Waals surface area contributed by atoms with Gasteiger partial charge in [-0.05, 0) is 42.2 Å². The Morgan fingerprint density at radius 2 is 1.76 bits per heavy atom. The van der Waals surface area contributed by atoms with E-state index < -0.39 is 0 Å². The Hall–Kier alpha value is -0.980. The lowest BCUT2D eigenvalue weighted by Gasteiger charge is -2.11. The Morgan fingerprint density at radius 1 is 1.06 bits per heavy atom. The van der Waals surface area contributed by atoms with Crippen molar-refractivity contribution in [3.8, 4) is 0 Å². The Labute approximate surface area is 112 Å². The van der Waals surface area contributed by atoms with Crippen molar-refractivity contribution < 1.29 is 0 Å². The Bertz CT molecular complexity index is 471. The largest absolute Gasteiger partial charge is 0.117 e. The van der Waals surface area contributed by atoms with Crippen molar-refractivity contribution in [2.45, 2.75) is 18.7 Å². The third-order valence-corrected chi connectivity index (χ3v) is 3.31. The average Bonchev–Trinajstić information content (AvgIpc) is 2.29. The van der Waals surface area contributed by atoms with Crippen LogP contribution >= 0.6 is 23.2 Å². The summed E-state index contributed by atoms with van der Waals surface area (Å²) < 4.78 is 0. The molecule has 0 spiro atoms. The molecule has 0 aliphatic heterocycles. The predicted octanol–water partition coefficient (Wildman–Crippen LogP) is 5.17. The van der Waals surface area contributed by atoms with Crippen molar-refractivity contribution in [2.75, 3.05) is 0 Å². The van der Waals surface area contributed by atoms with Crippen LogP contribution in [0, 0.1) is 6.92 Å². The van der Waals surface area contributed by atoms with Crippen LogP contribution < -0.4 is 0 Å². The fourth-order valence-electron chi connectivity index (χ4n) is 1.88. The molecular weight excluding hydrogens is 251 g/mol. The SMILES string of the molecule is Cc1cc(Cl)cc(C(Cl)Cc2ccccc2)c1. The van der Waals surface area contributed by atoms with Gasteiger partial charge in [0.15, 0.2) is 0 Å². The summed E-state index contributed by atoms with van der Waals surface area (Å²) in [6.45, 7) is 2.03. The monoisotopic (exact) mass is 264 g/mol. The highest BCUT2D eigenvalue weighted by Gasteiger charge is 2.10. The molecule has 0 amide bonds. The van der Waals surface area contributed by atoms with Gasteiger partial charge < -0.3 is 0 Å². The zero-order chi connectivity index (χ0) is 12.3. The van der Waals surface area contributed by atoms with Crippen LogP contribution in [-0.2, 0) is 6.42 Å².